The van der Waals surface area contributed by atoms with Crippen LogP contribution in [-0.2, 0) is 0 Å². The molecule has 0 unspecified atom stereocenters. The lowest BCUT2D eigenvalue weighted by Gasteiger charge is -2.04. The van der Waals surface area contributed by atoms with E-state index in [9.17, 15) is 10.1 Å². The van der Waals surface area contributed by atoms with Crippen LogP contribution in [-0.4, -0.2) is 4.92 Å². The molecule has 0 aliphatic carbocycles. The van der Waals surface area contributed by atoms with Crippen LogP contribution in [0.5, 0.6) is 0 Å². The van der Waals surface area contributed by atoms with Crippen molar-refractivity contribution in [2.45, 2.75) is 0 Å². The maximum atomic E-state index is 11.0. The highest BCUT2D eigenvalue weighted by atomic mass is 16.6. The first kappa shape index (κ1) is 13.7. The van der Waals surface area contributed by atoms with Gasteiger partial charge in [-0.25, -0.2) is 0 Å². The molecule has 0 spiro atoms. The topological polar surface area (TPSA) is 93.9 Å². The molecule has 0 aliphatic rings. The molecule has 0 aromatic heterocycles. The van der Waals surface area contributed by atoms with Gasteiger partial charge < -0.3 is 5.73 Å². The second kappa shape index (κ2) is 5.61. The zero-order valence-corrected chi connectivity index (χ0v) is 11.5. The van der Waals surface area contributed by atoms with Crippen molar-refractivity contribution in [1.29, 1.82) is 0 Å². The molecule has 108 valence electrons. The molecule has 0 saturated heterocycles. The quantitative estimate of drug-likeness (QED) is 0.327. The minimum atomic E-state index is -0.485. The van der Waals surface area contributed by atoms with E-state index in [-0.39, 0.29) is 11.4 Å². The van der Waals surface area contributed by atoms with Crippen LogP contribution < -0.4 is 5.73 Å². The van der Waals surface area contributed by atoms with Crippen LogP contribution in [0.2, 0.25) is 0 Å². The third-order valence-electron chi connectivity index (χ3n) is 3.27. The molecule has 2 N–H and O–H groups in total. The van der Waals surface area contributed by atoms with Crippen molar-refractivity contribution in [2.75, 3.05) is 5.73 Å². The van der Waals surface area contributed by atoms with Crippen molar-refractivity contribution in [3.63, 3.8) is 0 Å². The number of para-hydroxylation sites is 1. The summed E-state index contributed by atoms with van der Waals surface area (Å²) in [7, 11) is 0. The summed E-state index contributed by atoms with van der Waals surface area (Å²) in [6, 6.07) is 17.5. The third kappa shape index (κ3) is 2.49. The van der Waals surface area contributed by atoms with Crippen LogP contribution in [0.15, 0.2) is 70.9 Å². The van der Waals surface area contributed by atoms with Crippen molar-refractivity contribution < 1.29 is 4.92 Å². The zero-order valence-electron chi connectivity index (χ0n) is 11.5. The summed E-state index contributed by atoms with van der Waals surface area (Å²) >= 11 is 0. The Morgan fingerprint density at radius 1 is 0.909 bits per heavy atom. The molecular formula is C16H12N4O2. The number of azo groups is 1. The van der Waals surface area contributed by atoms with Crippen molar-refractivity contribution in [1.82, 2.24) is 0 Å². The molecule has 0 radical (unpaired) electrons. The van der Waals surface area contributed by atoms with Crippen molar-refractivity contribution in [3.8, 4) is 0 Å². The second-order valence-corrected chi connectivity index (χ2v) is 4.67. The molecule has 0 amide bonds. The first-order chi connectivity index (χ1) is 10.7. The Balaban J connectivity index is 2.11. The van der Waals surface area contributed by atoms with E-state index in [0.29, 0.717) is 11.4 Å². The van der Waals surface area contributed by atoms with Crippen LogP contribution in [0.4, 0.5) is 22.7 Å². The summed E-state index contributed by atoms with van der Waals surface area (Å²) in [4.78, 5) is 10.5. The maximum Gasteiger partial charge on any atom is 0.296 e. The fourth-order valence-electron chi connectivity index (χ4n) is 2.19. The molecule has 6 heteroatoms. The number of nitro benzene ring substituents is 1. The van der Waals surface area contributed by atoms with Gasteiger partial charge in [-0.1, -0.05) is 42.5 Å². The lowest BCUT2D eigenvalue weighted by atomic mass is 10.1. The summed E-state index contributed by atoms with van der Waals surface area (Å²) in [5.74, 6) is 0. The molecule has 3 aromatic carbocycles. The monoisotopic (exact) mass is 292 g/mol. The van der Waals surface area contributed by atoms with Crippen molar-refractivity contribution in [3.05, 3.63) is 70.8 Å². The Hall–Kier alpha value is -3.28. The summed E-state index contributed by atoms with van der Waals surface area (Å²) in [6.07, 6.45) is 0. The molecule has 0 bridgehead atoms. The van der Waals surface area contributed by atoms with E-state index in [0.717, 1.165) is 10.8 Å². The number of anilines is 1. The number of benzene rings is 3. The van der Waals surface area contributed by atoms with Gasteiger partial charge in [0, 0.05) is 11.5 Å². The SMILES string of the molecule is Nc1ccc2ccccc2c1N=Nc1ccccc1[N+](=O)[O-]. The lowest BCUT2D eigenvalue weighted by molar-refractivity contribution is -0.384. The molecule has 0 atom stereocenters. The number of nitrogens with two attached hydrogens (primary N) is 1. The Kier molecular flexibility index (Phi) is 3.49. The molecule has 0 aliphatic heterocycles. The van der Waals surface area contributed by atoms with E-state index >= 15 is 0 Å². The van der Waals surface area contributed by atoms with Gasteiger partial charge in [0.05, 0.1) is 10.6 Å². The predicted octanol–water partition coefficient (Wildman–Crippen LogP) is 4.75. The lowest BCUT2D eigenvalue weighted by Crippen LogP contribution is -1.88. The highest BCUT2D eigenvalue weighted by Crippen LogP contribution is 2.35. The van der Waals surface area contributed by atoms with Gasteiger partial charge in [-0.15, -0.1) is 10.2 Å². The van der Waals surface area contributed by atoms with Gasteiger partial charge in [0.25, 0.3) is 5.69 Å². The van der Waals surface area contributed by atoms with Gasteiger partial charge in [0.15, 0.2) is 5.69 Å². The zero-order chi connectivity index (χ0) is 15.5. The fraction of sp³-hybridized carbons (Fsp3) is 0. The largest absolute Gasteiger partial charge is 0.397 e. The number of hydrogen-bond donors (Lipinski definition) is 1. The van der Waals surface area contributed by atoms with Crippen LogP contribution in [0.1, 0.15) is 0 Å². The van der Waals surface area contributed by atoms with E-state index in [4.69, 9.17) is 5.73 Å². The van der Waals surface area contributed by atoms with Crippen LogP contribution >= 0.6 is 0 Å². The molecule has 0 heterocycles. The Labute approximate surface area is 126 Å². The number of rotatable bonds is 3. The van der Waals surface area contributed by atoms with E-state index in [1.165, 1.54) is 6.07 Å². The molecule has 0 saturated carbocycles. The van der Waals surface area contributed by atoms with Gasteiger partial charge in [-0.3, -0.25) is 10.1 Å². The molecular weight excluding hydrogens is 280 g/mol. The highest BCUT2D eigenvalue weighted by Gasteiger charge is 2.12. The highest BCUT2D eigenvalue weighted by molar-refractivity contribution is 5.97. The molecule has 22 heavy (non-hydrogen) atoms. The Bertz CT molecular complexity index is 890. The van der Waals surface area contributed by atoms with Gasteiger partial charge in [-0.05, 0) is 17.5 Å². The molecule has 0 fully saturated rings. The number of nitrogen functional groups attached to an aromatic ring is 1. The van der Waals surface area contributed by atoms with Gasteiger partial charge in [0.2, 0.25) is 0 Å². The second-order valence-electron chi connectivity index (χ2n) is 4.67. The van der Waals surface area contributed by atoms with Crippen LogP contribution in [0, 0.1) is 10.1 Å². The van der Waals surface area contributed by atoms with Crippen molar-refractivity contribution in [2.24, 2.45) is 10.2 Å². The van der Waals surface area contributed by atoms with E-state index in [1.807, 2.05) is 30.3 Å². The summed E-state index contributed by atoms with van der Waals surface area (Å²) < 4.78 is 0. The average Bonchev–Trinajstić information content (AvgIpc) is 2.54. The molecule has 6 nitrogen and oxygen atoms in total. The smallest absolute Gasteiger partial charge is 0.296 e. The number of fused-ring (bicyclic) bond motifs is 1. The minimum absolute atomic E-state index is 0.0925. The number of hydrogen-bond acceptors (Lipinski definition) is 5. The van der Waals surface area contributed by atoms with Crippen LogP contribution in [0.25, 0.3) is 10.8 Å². The van der Waals surface area contributed by atoms with Crippen molar-refractivity contribution >= 4 is 33.5 Å². The summed E-state index contributed by atoms with van der Waals surface area (Å²) in [5, 5.41) is 21.0. The third-order valence-corrected chi connectivity index (χ3v) is 3.27. The van der Waals surface area contributed by atoms with E-state index in [1.54, 1.807) is 24.3 Å². The number of nitrogens with zero attached hydrogens (tertiary/aromatic N) is 3. The van der Waals surface area contributed by atoms with Gasteiger partial charge in [-0.2, -0.15) is 0 Å². The van der Waals surface area contributed by atoms with E-state index in [2.05, 4.69) is 10.2 Å². The fourth-order valence-corrected chi connectivity index (χ4v) is 2.19. The van der Waals surface area contributed by atoms with Crippen LogP contribution in [0.3, 0.4) is 0 Å². The minimum Gasteiger partial charge on any atom is -0.397 e. The average molecular weight is 292 g/mol. The maximum absolute atomic E-state index is 11.0. The summed E-state index contributed by atoms with van der Waals surface area (Å²) in [5.41, 5.74) is 7.05. The van der Waals surface area contributed by atoms with Gasteiger partial charge >= 0.3 is 0 Å². The summed E-state index contributed by atoms with van der Waals surface area (Å²) in [6.45, 7) is 0. The standard InChI is InChI=1S/C16H12N4O2/c17-13-10-9-11-5-1-2-6-12(11)16(13)19-18-14-7-3-4-8-15(14)20(21)22/h1-10H,17H2. The Morgan fingerprint density at radius 2 is 1.64 bits per heavy atom. The van der Waals surface area contributed by atoms with E-state index < -0.39 is 4.92 Å². The first-order valence-corrected chi connectivity index (χ1v) is 6.59. The van der Waals surface area contributed by atoms with Gasteiger partial charge in [0.1, 0.15) is 5.69 Å². The Morgan fingerprint density at radius 3 is 2.45 bits per heavy atom. The number of nitro groups is 1. The predicted molar refractivity (Wildman–Crippen MR) is 85.6 cm³/mol. The normalized spacial score (nSPS) is 11.1. The molecule has 3 rings (SSSR count). The first-order valence-electron chi connectivity index (χ1n) is 6.59. The molecule has 3 aromatic rings.